The first-order valence-corrected chi connectivity index (χ1v) is 5.83. The second kappa shape index (κ2) is 5.71. The molecule has 0 saturated carbocycles. The van der Waals surface area contributed by atoms with Gasteiger partial charge in [0.1, 0.15) is 18.5 Å². The highest BCUT2D eigenvalue weighted by Crippen LogP contribution is 2.21. The molecule has 1 unspecified atom stereocenters. The van der Waals surface area contributed by atoms with Gasteiger partial charge >= 0.3 is 0 Å². The maximum atomic E-state index is 5.74. The first kappa shape index (κ1) is 11.2. The summed E-state index contributed by atoms with van der Waals surface area (Å²) in [5.74, 6) is 1.00. The lowest BCUT2D eigenvalue weighted by atomic mass is 10.1. The number of aryl methyl sites for hydroxylation is 1. The molecule has 1 saturated heterocycles. The summed E-state index contributed by atoms with van der Waals surface area (Å²) in [5.41, 5.74) is 1.28. The van der Waals surface area contributed by atoms with Crippen LogP contribution in [-0.2, 0) is 11.2 Å². The number of rotatable bonds is 7. The molecule has 1 aromatic rings. The van der Waals surface area contributed by atoms with E-state index in [2.05, 4.69) is 18.7 Å². The Morgan fingerprint density at radius 1 is 1.44 bits per heavy atom. The van der Waals surface area contributed by atoms with Crippen LogP contribution in [0.15, 0.2) is 36.9 Å². The average molecular weight is 218 g/mol. The van der Waals surface area contributed by atoms with Gasteiger partial charge in [-0.05, 0) is 30.9 Å². The van der Waals surface area contributed by atoms with Crippen LogP contribution in [0.1, 0.15) is 18.4 Å². The Labute approximate surface area is 96.9 Å². The Morgan fingerprint density at radius 2 is 2.25 bits per heavy atom. The summed E-state index contributed by atoms with van der Waals surface area (Å²) < 4.78 is 10.9. The molecule has 0 N–H and O–H groups in total. The molecule has 0 bridgehead atoms. The van der Waals surface area contributed by atoms with E-state index in [4.69, 9.17) is 9.47 Å². The second-order valence-electron chi connectivity index (χ2n) is 4.05. The highest BCUT2D eigenvalue weighted by Gasteiger charge is 2.23. The van der Waals surface area contributed by atoms with E-state index >= 15 is 0 Å². The molecule has 1 heterocycles. The van der Waals surface area contributed by atoms with Gasteiger partial charge in [-0.25, -0.2) is 0 Å². The van der Waals surface area contributed by atoms with Crippen LogP contribution in [0.25, 0.3) is 0 Å². The molecule has 86 valence electrons. The predicted molar refractivity (Wildman–Crippen MR) is 64.8 cm³/mol. The molecule has 2 nitrogen and oxygen atoms in total. The molecule has 1 atom stereocenters. The van der Waals surface area contributed by atoms with Crippen molar-refractivity contribution < 1.29 is 9.47 Å². The molecular weight excluding hydrogens is 200 g/mol. The maximum absolute atomic E-state index is 5.74. The fraction of sp³-hybridized carbons (Fsp3) is 0.429. The fourth-order valence-electron chi connectivity index (χ4n) is 1.64. The van der Waals surface area contributed by atoms with Crippen LogP contribution in [0, 0.1) is 0 Å². The zero-order valence-electron chi connectivity index (χ0n) is 9.52. The SMILES string of the molecule is C=CCCCc1ccccc1OCC1CO1. The number of para-hydroxylation sites is 1. The lowest BCUT2D eigenvalue weighted by molar-refractivity contribution is 0.261. The summed E-state index contributed by atoms with van der Waals surface area (Å²) in [5, 5.41) is 0. The summed E-state index contributed by atoms with van der Waals surface area (Å²) in [6, 6.07) is 8.24. The number of epoxide rings is 1. The summed E-state index contributed by atoms with van der Waals surface area (Å²) in [7, 11) is 0. The predicted octanol–water partition coefficient (Wildman–Crippen LogP) is 2.97. The van der Waals surface area contributed by atoms with Gasteiger partial charge in [0.2, 0.25) is 0 Å². The number of hydrogen-bond acceptors (Lipinski definition) is 2. The van der Waals surface area contributed by atoms with Crippen LogP contribution in [0.3, 0.4) is 0 Å². The van der Waals surface area contributed by atoms with Crippen molar-refractivity contribution in [3.05, 3.63) is 42.5 Å². The number of unbranched alkanes of at least 4 members (excludes halogenated alkanes) is 1. The average Bonchev–Trinajstić information content (AvgIpc) is 3.12. The first-order chi connectivity index (χ1) is 7.90. The highest BCUT2D eigenvalue weighted by atomic mass is 16.6. The largest absolute Gasteiger partial charge is 0.491 e. The molecule has 2 heteroatoms. The van der Waals surface area contributed by atoms with Crippen LogP contribution in [0.5, 0.6) is 5.75 Å². The topological polar surface area (TPSA) is 21.8 Å². The van der Waals surface area contributed by atoms with Crippen molar-refractivity contribution in [3.63, 3.8) is 0 Å². The van der Waals surface area contributed by atoms with E-state index in [0.717, 1.165) is 31.6 Å². The van der Waals surface area contributed by atoms with Gasteiger partial charge in [-0.2, -0.15) is 0 Å². The van der Waals surface area contributed by atoms with E-state index in [-0.39, 0.29) is 0 Å². The Kier molecular flexibility index (Phi) is 4.00. The molecule has 0 radical (unpaired) electrons. The standard InChI is InChI=1S/C14H18O2/c1-2-3-4-7-12-8-5-6-9-14(12)16-11-13-10-15-13/h2,5-6,8-9,13H,1,3-4,7,10-11H2. The van der Waals surface area contributed by atoms with Gasteiger partial charge in [0.05, 0.1) is 6.61 Å². The van der Waals surface area contributed by atoms with Gasteiger partial charge < -0.3 is 9.47 Å². The fourth-order valence-corrected chi connectivity index (χ4v) is 1.64. The molecular formula is C14H18O2. The third kappa shape index (κ3) is 3.38. The molecule has 0 aliphatic carbocycles. The van der Waals surface area contributed by atoms with Crippen LogP contribution >= 0.6 is 0 Å². The van der Waals surface area contributed by atoms with Gasteiger partial charge in [-0.3, -0.25) is 0 Å². The van der Waals surface area contributed by atoms with E-state index < -0.39 is 0 Å². The van der Waals surface area contributed by atoms with Crippen LogP contribution < -0.4 is 4.74 Å². The first-order valence-electron chi connectivity index (χ1n) is 5.83. The van der Waals surface area contributed by atoms with Gasteiger partial charge in [-0.15, -0.1) is 6.58 Å². The van der Waals surface area contributed by atoms with Crippen molar-refractivity contribution in [2.24, 2.45) is 0 Å². The second-order valence-corrected chi connectivity index (χ2v) is 4.05. The highest BCUT2D eigenvalue weighted by molar-refractivity contribution is 5.33. The van der Waals surface area contributed by atoms with E-state index in [1.54, 1.807) is 0 Å². The zero-order chi connectivity index (χ0) is 11.2. The number of ether oxygens (including phenoxy) is 2. The third-order valence-electron chi connectivity index (χ3n) is 2.65. The summed E-state index contributed by atoms with van der Waals surface area (Å²) in [4.78, 5) is 0. The van der Waals surface area contributed by atoms with E-state index in [1.165, 1.54) is 5.56 Å². The summed E-state index contributed by atoms with van der Waals surface area (Å²) >= 11 is 0. The Balaban J connectivity index is 1.89. The van der Waals surface area contributed by atoms with Crippen LogP contribution in [0.2, 0.25) is 0 Å². The molecule has 0 aromatic heterocycles. The maximum Gasteiger partial charge on any atom is 0.122 e. The Hall–Kier alpha value is -1.28. The van der Waals surface area contributed by atoms with Crippen molar-refractivity contribution in [2.45, 2.75) is 25.4 Å². The normalized spacial score (nSPS) is 18.1. The molecule has 0 spiro atoms. The van der Waals surface area contributed by atoms with E-state index in [1.807, 2.05) is 18.2 Å². The molecule has 1 fully saturated rings. The molecule has 0 amide bonds. The van der Waals surface area contributed by atoms with Crippen molar-refractivity contribution in [2.75, 3.05) is 13.2 Å². The quantitative estimate of drug-likeness (QED) is 0.398. The van der Waals surface area contributed by atoms with Crippen molar-refractivity contribution in [3.8, 4) is 5.75 Å². The van der Waals surface area contributed by atoms with Gasteiger partial charge in [0.25, 0.3) is 0 Å². The van der Waals surface area contributed by atoms with Crippen molar-refractivity contribution >= 4 is 0 Å². The smallest absolute Gasteiger partial charge is 0.122 e. The zero-order valence-corrected chi connectivity index (χ0v) is 9.52. The monoisotopic (exact) mass is 218 g/mol. The van der Waals surface area contributed by atoms with E-state index in [9.17, 15) is 0 Å². The van der Waals surface area contributed by atoms with Crippen LogP contribution in [0.4, 0.5) is 0 Å². The third-order valence-corrected chi connectivity index (χ3v) is 2.65. The minimum Gasteiger partial charge on any atom is -0.491 e. The Bertz CT molecular complexity index is 342. The molecule has 1 aromatic carbocycles. The lowest BCUT2D eigenvalue weighted by Crippen LogP contribution is -2.05. The van der Waals surface area contributed by atoms with E-state index in [0.29, 0.717) is 12.7 Å². The van der Waals surface area contributed by atoms with Gasteiger partial charge in [0.15, 0.2) is 0 Å². The molecule has 1 aliphatic rings. The minimum atomic E-state index is 0.321. The Morgan fingerprint density at radius 3 is 3.00 bits per heavy atom. The summed E-state index contributed by atoms with van der Waals surface area (Å²) in [6.07, 6.45) is 5.51. The van der Waals surface area contributed by atoms with Crippen molar-refractivity contribution in [1.29, 1.82) is 0 Å². The summed E-state index contributed by atoms with van der Waals surface area (Å²) in [6.45, 7) is 5.26. The number of benzene rings is 1. The molecule has 1 aliphatic heterocycles. The molecule has 16 heavy (non-hydrogen) atoms. The van der Waals surface area contributed by atoms with Crippen LogP contribution in [-0.4, -0.2) is 19.3 Å². The molecule has 2 rings (SSSR count). The lowest BCUT2D eigenvalue weighted by Gasteiger charge is -2.09. The minimum absolute atomic E-state index is 0.321. The van der Waals surface area contributed by atoms with Crippen molar-refractivity contribution in [1.82, 2.24) is 0 Å². The van der Waals surface area contributed by atoms with Gasteiger partial charge in [0, 0.05) is 0 Å². The van der Waals surface area contributed by atoms with Gasteiger partial charge in [-0.1, -0.05) is 24.3 Å². The number of allylic oxidation sites excluding steroid dienone is 1. The number of hydrogen-bond donors (Lipinski definition) is 0.